The van der Waals surface area contributed by atoms with Gasteiger partial charge in [0.05, 0.1) is 46.0 Å². The highest BCUT2D eigenvalue weighted by molar-refractivity contribution is 6.30. The lowest BCUT2D eigenvalue weighted by Crippen LogP contribution is -2.02. The molecule has 0 N–H and O–H groups in total. The van der Waals surface area contributed by atoms with Crippen molar-refractivity contribution in [3.05, 3.63) is 175 Å². The van der Waals surface area contributed by atoms with E-state index in [9.17, 15) is 5.26 Å². The zero-order valence-electron chi connectivity index (χ0n) is 27.8. The van der Waals surface area contributed by atoms with Crippen LogP contribution in [0.25, 0.3) is 103 Å². The summed E-state index contributed by atoms with van der Waals surface area (Å²) in [5.41, 5.74) is 6.29. The number of nitriles is 1. The van der Waals surface area contributed by atoms with Gasteiger partial charge in [-0.1, -0.05) is 121 Å². The Bertz CT molecular complexity index is 3250. The van der Waals surface area contributed by atoms with Crippen molar-refractivity contribution in [1.29, 1.82) is 5.26 Å². The zero-order chi connectivity index (χ0) is 34.5. The molecule has 0 spiro atoms. The lowest BCUT2D eigenvalue weighted by atomic mass is 10.00. The summed E-state index contributed by atoms with van der Waals surface area (Å²) in [5, 5.41) is 24.8. The largest absolute Gasteiger partial charge is 0.310 e. The van der Waals surface area contributed by atoms with Crippen LogP contribution in [0.2, 0.25) is 0 Å². The van der Waals surface area contributed by atoms with Gasteiger partial charge in [0, 0.05) is 27.2 Å². The van der Waals surface area contributed by atoms with Gasteiger partial charge < -0.3 is 9.13 Å². The van der Waals surface area contributed by atoms with Gasteiger partial charge >= 0.3 is 0 Å². The molecule has 0 atom stereocenters. The number of fused-ring (bicyclic) bond motifs is 14. The standard InChI is InChI=1S/C48H26N4/c1-50-39-26-33(51-40-22-18-29-10-2-6-14-34(29)45(40)46-35-15-7-3-11-30(35)19-23-41(46)51)27-44(38(39)28-49)52-42-24-20-31-12-4-8-16-36(31)47(42)48-37-17-9-5-13-32(37)21-25-43(48)52/h2-27H. The van der Waals surface area contributed by atoms with Crippen LogP contribution in [-0.2, 0) is 0 Å². The summed E-state index contributed by atoms with van der Waals surface area (Å²) >= 11 is 0. The van der Waals surface area contributed by atoms with Crippen molar-refractivity contribution >= 4 is 92.4 Å². The molecule has 0 aliphatic carbocycles. The maximum atomic E-state index is 10.8. The molecule has 0 aliphatic rings. The van der Waals surface area contributed by atoms with Crippen molar-refractivity contribution in [3.8, 4) is 17.4 Å². The van der Waals surface area contributed by atoms with E-state index in [1.807, 2.05) is 6.07 Å². The molecule has 52 heavy (non-hydrogen) atoms. The third-order valence-electron chi connectivity index (χ3n) is 10.9. The molecule has 0 bridgehead atoms. The van der Waals surface area contributed by atoms with Crippen molar-refractivity contribution in [2.75, 3.05) is 0 Å². The second kappa shape index (κ2) is 10.6. The Hall–Kier alpha value is -7.40. The topological polar surface area (TPSA) is 38.0 Å². The molecule has 0 aliphatic heterocycles. The fourth-order valence-corrected chi connectivity index (χ4v) is 8.74. The number of hydrogen-bond acceptors (Lipinski definition) is 1. The van der Waals surface area contributed by atoms with Crippen molar-refractivity contribution in [2.24, 2.45) is 0 Å². The second-order valence-corrected chi connectivity index (χ2v) is 13.5. The van der Waals surface area contributed by atoms with Gasteiger partial charge in [-0.15, -0.1) is 0 Å². The van der Waals surface area contributed by atoms with Gasteiger partial charge in [-0.25, -0.2) is 4.85 Å². The Morgan fingerprint density at radius 3 is 1.17 bits per heavy atom. The van der Waals surface area contributed by atoms with Crippen LogP contribution in [0.4, 0.5) is 5.69 Å². The molecule has 2 aromatic heterocycles. The van der Waals surface area contributed by atoms with E-state index in [1.165, 1.54) is 32.3 Å². The molecule has 11 aromatic rings. The summed E-state index contributed by atoms with van der Waals surface area (Å²) in [6.07, 6.45) is 0. The highest BCUT2D eigenvalue weighted by Gasteiger charge is 2.23. The van der Waals surface area contributed by atoms with Gasteiger partial charge in [0.25, 0.3) is 0 Å². The van der Waals surface area contributed by atoms with Gasteiger partial charge in [0.15, 0.2) is 0 Å². The molecule has 4 heteroatoms. The highest BCUT2D eigenvalue weighted by Crippen LogP contribution is 2.45. The first kappa shape index (κ1) is 28.4. The van der Waals surface area contributed by atoms with Crippen molar-refractivity contribution in [2.45, 2.75) is 0 Å². The third kappa shape index (κ3) is 3.73. The maximum absolute atomic E-state index is 10.8. The summed E-state index contributed by atoms with van der Waals surface area (Å²) in [4.78, 5) is 4.00. The summed E-state index contributed by atoms with van der Waals surface area (Å²) in [6, 6.07) is 57.9. The normalized spacial score (nSPS) is 11.8. The molecule has 238 valence electrons. The van der Waals surface area contributed by atoms with Gasteiger partial charge in [-0.05, 0) is 79.5 Å². The molecule has 0 unspecified atom stereocenters. The Labute approximate surface area is 298 Å². The van der Waals surface area contributed by atoms with Crippen LogP contribution < -0.4 is 0 Å². The van der Waals surface area contributed by atoms with Crippen LogP contribution in [0, 0.1) is 17.9 Å². The number of aromatic nitrogens is 2. The summed E-state index contributed by atoms with van der Waals surface area (Å²) in [6.45, 7) is 8.37. The van der Waals surface area contributed by atoms with Crippen LogP contribution in [0.5, 0.6) is 0 Å². The molecule has 0 fully saturated rings. The van der Waals surface area contributed by atoms with Crippen molar-refractivity contribution in [3.63, 3.8) is 0 Å². The molecule has 0 saturated heterocycles. The van der Waals surface area contributed by atoms with E-state index in [1.54, 1.807) is 0 Å². The average molecular weight is 659 g/mol. The number of benzene rings is 9. The fourth-order valence-electron chi connectivity index (χ4n) is 8.74. The van der Waals surface area contributed by atoms with Gasteiger partial charge in [0.2, 0.25) is 5.69 Å². The smallest absolute Gasteiger partial charge is 0.208 e. The monoisotopic (exact) mass is 658 g/mol. The summed E-state index contributed by atoms with van der Waals surface area (Å²) < 4.78 is 4.49. The van der Waals surface area contributed by atoms with E-state index < -0.39 is 0 Å². The average Bonchev–Trinajstić information content (AvgIpc) is 3.74. The molecule has 4 nitrogen and oxygen atoms in total. The van der Waals surface area contributed by atoms with E-state index >= 15 is 0 Å². The highest BCUT2D eigenvalue weighted by atomic mass is 15.0. The van der Waals surface area contributed by atoms with Crippen molar-refractivity contribution < 1.29 is 0 Å². The second-order valence-electron chi connectivity index (χ2n) is 13.5. The minimum absolute atomic E-state index is 0.322. The Kier molecular flexibility index (Phi) is 5.77. The molecule has 0 amide bonds. The molecule has 0 saturated carbocycles. The number of rotatable bonds is 2. The molecular formula is C48H26N4. The first-order valence-electron chi connectivity index (χ1n) is 17.4. The molecule has 11 rings (SSSR count). The molecule has 0 radical (unpaired) electrons. The van der Waals surface area contributed by atoms with Crippen LogP contribution in [-0.4, -0.2) is 9.13 Å². The molecule has 9 aromatic carbocycles. The van der Waals surface area contributed by atoms with Crippen LogP contribution in [0.15, 0.2) is 158 Å². The maximum Gasteiger partial charge on any atom is 0.208 e. The van der Waals surface area contributed by atoms with Gasteiger partial charge in [-0.2, -0.15) is 5.26 Å². The first-order chi connectivity index (χ1) is 25.7. The third-order valence-corrected chi connectivity index (χ3v) is 10.9. The number of nitrogens with zero attached hydrogens (tertiary/aromatic N) is 4. The zero-order valence-corrected chi connectivity index (χ0v) is 27.8. The van der Waals surface area contributed by atoms with Crippen LogP contribution in [0.3, 0.4) is 0 Å². The minimum atomic E-state index is 0.322. The first-order valence-corrected chi connectivity index (χ1v) is 17.4. The summed E-state index contributed by atoms with van der Waals surface area (Å²) in [5.74, 6) is 0. The van der Waals surface area contributed by atoms with Crippen LogP contribution in [0.1, 0.15) is 5.56 Å². The lowest BCUT2D eigenvalue weighted by molar-refractivity contribution is 1.13. The molecular weight excluding hydrogens is 633 g/mol. The van der Waals surface area contributed by atoms with E-state index in [4.69, 9.17) is 6.57 Å². The Morgan fingerprint density at radius 1 is 0.442 bits per heavy atom. The molecule has 2 heterocycles. The fraction of sp³-hybridized carbons (Fsp3) is 0. The number of hydrogen-bond donors (Lipinski definition) is 0. The van der Waals surface area contributed by atoms with E-state index in [0.29, 0.717) is 16.9 Å². The van der Waals surface area contributed by atoms with Crippen molar-refractivity contribution in [1.82, 2.24) is 9.13 Å². The predicted octanol–water partition coefficient (Wildman–Crippen LogP) is 12.9. The minimum Gasteiger partial charge on any atom is -0.310 e. The predicted molar refractivity (Wildman–Crippen MR) is 216 cm³/mol. The van der Waals surface area contributed by atoms with E-state index in [2.05, 4.69) is 172 Å². The van der Waals surface area contributed by atoms with E-state index in [0.717, 1.165) is 60.1 Å². The van der Waals surface area contributed by atoms with Crippen LogP contribution >= 0.6 is 0 Å². The Morgan fingerprint density at radius 2 is 0.808 bits per heavy atom. The van der Waals surface area contributed by atoms with Gasteiger partial charge in [0.1, 0.15) is 0 Å². The van der Waals surface area contributed by atoms with Gasteiger partial charge in [-0.3, -0.25) is 0 Å². The van der Waals surface area contributed by atoms with E-state index in [-0.39, 0.29) is 0 Å². The lowest BCUT2D eigenvalue weighted by Gasteiger charge is -2.16. The SMILES string of the molecule is [C-]#[N+]c1cc(-n2c3ccc4ccccc4c3c3c4ccccc4ccc32)cc(-n2c3ccc4ccccc4c3c3c4ccccc4ccc32)c1C#N. The summed E-state index contributed by atoms with van der Waals surface area (Å²) in [7, 11) is 0. The quantitative estimate of drug-likeness (QED) is 0.170. The Balaban J connectivity index is 1.33.